The van der Waals surface area contributed by atoms with Crippen molar-refractivity contribution in [3.05, 3.63) is 163 Å². The fraction of sp³-hybridized carbons (Fsp3) is 0.0465. The van der Waals surface area contributed by atoms with Crippen molar-refractivity contribution in [3.8, 4) is 39.9 Å². The van der Waals surface area contributed by atoms with Gasteiger partial charge >= 0.3 is 0 Å². The average molecular weight is 618 g/mol. The standard InChI is InChI=1S/C43H27N3O2/c1-2-10-26(11-3-1)41-44-42(46-43(45-41)35-16-8-15-33-32-12-4-6-17-36(32)48-40(33)35)30-23-21-27-24-29(22-20-28(27)25-30)31-14-9-19-38-39(31)34-13-5-7-18-37(34)47-38/h1-25,38-39H. The average Bonchev–Trinajstić information content (AvgIpc) is 3.73. The van der Waals surface area contributed by atoms with E-state index in [2.05, 4.69) is 85.0 Å². The molecule has 2 atom stereocenters. The number of para-hydroxylation sites is 3. The topological polar surface area (TPSA) is 61.0 Å². The molecular weight excluding hydrogens is 590 g/mol. The van der Waals surface area contributed by atoms with Crippen LogP contribution in [0.5, 0.6) is 5.75 Å². The van der Waals surface area contributed by atoms with Gasteiger partial charge in [-0.05, 0) is 58.3 Å². The number of rotatable bonds is 4. The summed E-state index contributed by atoms with van der Waals surface area (Å²) in [5, 5.41) is 4.38. The number of furan rings is 1. The first kappa shape index (κ1) is 26.8. The molecule has 8 aromatic rings. The summed E-state index contributed by atoms with van der Waals surface area (Å²) in [5.74, 6) is 2.95. The molecule has 0 radical (unpaired) electrons. The summed E-state index contributed by atoms with van der Waals surface area (Å²) in [6.45, 7) is 0. The molecule has 2 unspecified atom stereocenters. The molecule has 0 fully saturated rings. The molecule has 5 nitrogen and oxygen atoms in total. The van der Waals surface area contributed by atoms with Gasteiger partial charge in [-0.3, -0.25) is 0 Å². The van der Waals surface area contributed by atoms with Gasteiger partial charge in [0.25, 0.3) is 0 Å². The Labute approximate surface area is 276 Å². The molecule has 48 heavy (non-hydrogen) atoms. The molecule has 2 aliphatic rings. The van der Waals surface area contributed by atoms with Crippen LogP contribution in [0.4, 0.5) is 0 Å². The SMILES string of the molecule is C1=CC2Oc3ccccc3C2C(c2ccc3cc(-c4nc(-c5ccccc5)nc(-c5cccc6c5oc5ccccc56)n4)ccc3c2)=C1. The van der Waals surface area contributed by atoms with Crippen molar-refractivity contribution in [3.63, 3.8) is 0 Å². The summed E-state index contributed by atoms with van der Waals surface area (Å²) in [6, 6.07) is 45.8. The van der Waals surface area contributed by atoms with Crippen LogP contribution in [0.15, 0.2) is 156 Å². The van der Waals surface area contributed by atoms with Crippen LogP contribution in [-0.4, -0.2) is 21.1 Å². The van der Waals surface area contributed by atoms with Gasteiger partial charge in [-0.15, -0.1) is 0 Å². The van der Waals surface area contributed by atoms with Crippen LogP contribution in [-0.2, 0) is 0 Å². The van der Waals surface area contributed by atoms with Crippen molar-refractivity contribution in [2.75, 3.05) is 0 Å². The molecule has 0 saturated carbocycles. The lowest BCUT2D eigenvalue weighted by molar-refractivity contribution is 0.271. The van der Waals surface area contributed by atoms with Gasteiger partial charge in [-0.2, -0.15) is 0 Å². The fourth-order valence-electron chi connectivity index (χ4n) is 7.21. The van der Waals surface area contributed by atoms with Crippen LogP contribution in [0.2, 0.25) is 0 Å². The van der Waals surface area contributed by atoms with Gasteiger partial charge in [0.2, 0.25) is 0 Å². The van der Waals surface area contributed by atoms with E-state index in [0.29, 0.717) is 17.5 Å². The summed E-state index contributed by atoms with van der Waals surface area (Å²) in [5.41, 5.74) is 8.00. The van der Waals surface area contributed by atoms with Crippen LogP contribution in [0.1, 0.15) is 17.0 Å². The smallest absolute Gasteiger partial charge is 0.167 e. The summed E-state index contributed by atoms with van der Waals surface area (Å²) < 4.78 is 12.7. The molecule has 0 spiro atoms. The first-order valence-corrected chi connectivity index (χ1v) is 16.2. The van der Waals surface area contributed by atoms with Crippen LogP contribution in [0.3, 0.4) is 0 Å². The Morgan fingerprint density at radius 1 is 0.542 bits per heavy atom. The molecule has 3 heterocycles. The fourth-order valence-corrected chi connectivity index (χ4v) is 7.21. The first-order valence-electron chi connectivity index (χ1n) is 16.2. The lowest BCUT2D eigenvalue weighted by Gasteiger charge is -2.23. The van der Waals surface area contributed by atoms with Crippen LogP contribution < -0.4 is 4.74 Å². The number of ether oxygens (including phenoxy) is 1. The van der Waals surface area contributed by atoms with E-state index in [1.54, 1.807) is 0 Å². The largest absolute Gasteiger partial charge is 0.485 e. The lowest BCUT2D eigenvalue weighted by atomic mass is 9.81. The summed E-state index contributed by atoms with van der Waals surface area (Å²) in [6.07, 6.45) is 6.51. The Kier molecular flexibility index (Phi) is 5.93. The Bertz CT molecular complexity index is 2620. The van der Waals surface area contributed by atoms with Gasteiger partial charge in [0.1, 0.15) is 23.0 Å². The molecule has 6 aromatic carbocycles. The summed E-state index contributed by atoms with van der Waals surface area (Å²) in [4.78, 5) is 15.0. The zero-order chi connectivity index (χ0) is 31.6. The van der Waals surface area contributed by atoms with Crippen molar-refractivity contribution >= 4 is 38.3 Å². The molecule has 0 N–H and O–H groups in total. The van der Waals surface area contributed by atoms with Gasteiger partial charge in [0.15, 0.2) is 17.5 Å². The third-order valence-corrected chi connectivity index (χ3v) is 9.50. The Morgan fingerprint density at radius 2 is 1.25 bits per heavy atom. The summed E-state index contributed by atoms with van der Waals surface area (Å²) >= 11 is 0. The molecule has 2 aromatic heterocycles. The van der Waals surface area contributed by atoms with Crippen molar-refractivity contribution in [1.82, 2.24) is 15.0 Å². The molecular formula is C43H27N3O2. The number of hydrogen-bond donors (Lipinski definition) is 0. The Morgan fingerprint density at radius 3 is 2.15 bits per heavy atom. The zero-order valence-electron chi connectivity index (χ0n) is 25.7. The minimum atomic E-state index is 0.0164. The normalized spacial score (nSPS) is 16.5. The summed E-state index contributed by atoms with van der Waals surface area (Å²) in [7, 11) is 0. The van der Waals surface area contributed by atoms with Gasteiger partial charge in [0, 0.05) is 27.5 Å². The van der Waals surface area contributed by atoms with Crippen LogP contribution >= 0.6 is 0 Å². The third kappa shape index (κ3) is 4.28. The molecule has 1 aliphatic carbocycles. The monoisotopic (exact) mass is 617 g/mol. The van der Waals surface area contributed by atoms with E-state index in [1.165, 1.54) is 16.7 Å². The highest BCUT2D eigenvalue weighted by Crippen LogP contribution is 2.48. The van der Waals surface area contributed by atoms with Crippen molar-refractivity contribution in [2.24, 2.45) is 0 Å². The number of nitrogens with zero attached hydrogens (tertiary/aromatic N) is 3. The highest BCUT2D eigenvalue weighted by atomic mass is 16.5. The predicted octanol–water partition coefficient (Wildman–Crippen LogP) is 10.4. The van der Waals surface area contributed by atoms with Crippen LogP contribution in [0.25, 0.3) is 72.4 Å². The van der Waals surface area contributed by atoms with Crippen molar-refractivity contribution in [2.45, 2.75) is 12.0 Å². The maximum absolute atomic E-state index is 6.38. The molecule has 0 bridgehead atoms. The lowest BCUT2D eigenvalue weighted by Crippen LogP contribution is -2.19. The first-order chi connectivity index (χ1) is 23.8. The second-order valence-electron chi connectivity index (χ2n) is 12.3. The quantitative estimate of drug-likeness (QED) is 0.197. The molecule has 226 valence electrons. The Balaban J connectivity index is 1.08. The Hall–Kier alpha value is -6.33. The van der Waals surface area contributed by atoms with Gasteiger partial charge in [0.05, 0.1) is 11.5 Å². The maximum Gasteiger partial charge on any atom is 0.167 e. The molecule has 0 amide bonds. The minimum absolute atomic E-state index is 0.0164. The van der Waals surface area contributed by atoms with E-state index >= 15 is 0 Å². The van der Waals surface area contributed by atoms with E-state index in [-0.39, 0.29) is 12.0 Å². The highest BCUT2D eigenvalue weighted by Gasteiger charge is 2.36. The highest BCUT2D eigenvalue weighted by molar-refractivity contribution is 6.09. The van der Waals surface area contributed by atoms with Gasteiger partial charge in [-0.1, -0.05) is 115 Å². The number of fused-ring (bicyclic) bond motifs is 7. The van der Waals surface area contributed by atoms with E-state index in [4.69, 9.17) is 24.1 Å². The van der Waals surface area contributed by atoms with Gasteiger partial charge in [-0.25, -0.2) is 15.0 Å². The number of hydrogen-bond acceptors (Lipinski definition) is 5. The minimum Gasteiger partial charge on any atom is -0.485 e. The number of aromatic nitrogens is 3. The maximum atomic E-state index is 6.38. The van der Waals surface area contributed by atoms with Crippen molar-refractivity contribution < 1.29 is 9.15 Å². The van der Waals surface area contributed by atoms with Gasteiger partial charge < -0.3 is 9.15 Å². The molecule has 1 aliphatic heterocycles. The number of benzene rings is 6. The van der Waals surface area contributed by atoms with Crippen LogP contribution in [0, 0.1) is 0 Å². The van der Waals surface area contributed by atoms with E-state index in [1.807, 2.05) is 66.7 Å². The van der Waals surface area contributed by atoms with E-state index in [0.717, 1.165) is 55.2 Å². The van der Waals surface area contributed by atoms with E-state index < -0.39 is 0 Å². The second-order valence-corrected chi connectivity index (χ2v) is 12.3. The molecule has 5 heteroatoms. The zero-order valence-corrected chi connectivity index (χ0v) is 25.7. The molecule has 10 rings (SSSR count). The molecule has 0 saturated heterocycles. The van der Waals surface area contributed by atoms with E-state index in [9.17, 15) is 0 Å². The number of allylic oxidation sites excluding steroid dienone is 2. The predicted molar refractivity (Wildman–Crippen MR) is 192 cm³/mol. The van der Waals surface area contributed by atoms with Crippen molar-refractivity contribution in [1.29, 1.82) is 0 Å². The third-order valence-electron chi connectivity index (χ3n) is 9.50. The second kappa shape index (κ2) is 10.6.